The zero-order valence-electron chi connectivity index (χ0n) is 20.0. The molecule has 9 heteroatoms. The highest BCUT2D eigenvalue weighted by Gasteiger charge is 2.45. The summed E-state index contributed by atoms with van der Waals surface area (Å²) in [6.45, 7) is 5.29. The van der Waals surface area contributed by atoms with Gasteiger partial charge < -0.3 is 14.1 Å². The van der Waals surface area contributed by atoms with Crippen molar-refractivity contribution in [3.8, 4) is 0 Å². The van der Waals surface area contributed by atoms with Crippen LogP contribution in [0, 0.1) is 6.92 Å². The Hall–Kier alpha value is -4.24. The van der Waals surface area contributed by atoms with Gasteiger partial charge in [0.05, 0.1) is 22.7 Å². The van der Waals surface area contributed by atoms with E-state index in [1.165, 1.54) is 11.0 Å². The number of aryl methyl sites for hydroxylation is 1. The van der Waals surface area contributed by atoms with Crippen molar-refractivity contribution in [2.75, 3.05) is 30.5 Å². The predicted octanol–water partition coefficient (Wildman–Crippen LogP) is 4.72. The van der Waals surface area contributed by atoms with Crippen molar-refractivity contribution in [2.45, 2.75) is 13.0 Å². The van der Waals surface area contributed by atoms with Gasteiger partial charge in [-0.1, -0.05) is 48.3 Å². The molecule has 0 spiro atoms. The lowest BCUT2D eigenvalue weighted by molar-refractivity contribution is 0.0554. The van der Waals surface area contributed by atoms with Crippen molar-refractivity contribution in [3.63, 3.8) is 0 Å². The van der Waals surface area contributed by atoms with Gasteiger partial charge in [-0.25, -0.2) is 9.78 Å². The minimum absolute atomic E-state index is 0.0241. The molecule has 8 nitrogen and oxygen atoms in total. The molecular weight excluding hydrogens is 478 g/mol. The number of thiazole rings is 1. The van der Waals surface area contributed by atoms with Gasteiger partial charge in [-0.15, -0.1) is 0 Å². The number of aromatic nitrogens is 1. The first-order valence-corrected chi connectivity index (χ1v) is 12.1. The lowest BCUT2D eigenvalue weighted by Gasteiger charge is -2.23. The molecule has 1 unspecified atom stereocenters. The Bertz CT molecular complexity index is 1570. The van der Waals surface area contributed by atoms with E-state index in [1.54, 1.807) is 31.2 Å². The second kappa shape index (κ2) is 9.09. The summed E-state index contributed by atoms with van der Waals surface area (Å²) >= 11 is 1.04. The molecule has 0 saturated carbocycles. The highest BCUT2D eigenvalue weighted by Crippen LogP contribution is 2.43. The molecule has 1 aliphatic rings. The fourth-order valence-corrected chi connectivity index (χ4v) is 5.25. The first-order valence-electron chi connectivity index (χ1n) is 11.2. The highest BCUT2D eigenvalue weighted by atomic mass is 32.1. The van der Waals surface area contributed by atoms with Crippen molar-refractivity contribution in [1.29, 1.82) is 0 Å². The zero-order chi connectivity index (χ0) is 25.6. The van der Waals surface area contributed by atoms with Gasteiger partial charge in [-0.2, -0.15) is 0 Å². The van der Waals surface area contributed by atoms with Crippen molar-refractivity contribution in [1.82, 2.24) is 4.98 Å². The summed E-state index contributed by atoms with van der Waals surface area (Å²) in [5, 5.41) is 0.671. The third-order valence-electron chi connectivity index (χ3n) is 6.01. The highest BCUT2D eigenvalue weighted by molar-refractivity contribution is 7.17. The lowest BCUT2D eigenvalue weighted by atomic mass is 9.98. The second-order valence-corrected chi connectivity index (χ2v) is 9.51. The van der Waals surface area contributed by atoms with Gasteiger partial charge in [-0.05, 0) is 36.8 Å². The number of nitrogens with zero attached hydrogens (tertiary/aromatic N) is 3. The number of fused-ring (bicyclic) bond motifs is 2. The SMILES string of the molecule is C=CCOC(=O)c1sc(N2C(=O)c3oc4ccccc4c(=O)c3C2c2ccc(N(C)C)cc2)nc1C. The third-order valence-corrected chi connectivity index (χ3v) is 7.15. The lowest BCUT2D eigenvalue weighted by Crippen LogP contribution is -2.29. The summed E-state index contributed by atoms with van der Waals surface area (Å²) in [4.78, 5) is 48.1. The van der Waals surface area contributed by atoms with Gasteiger partial charge in [0.25, 0.3) is 5.91 Å². The first-order chi connectivity index (χ1) is 17.3. The summed E-state index contributed by atoms with van der Waals surface area (Å²) in [6.07, 6.45) is 1.48. The molecule has 0 aliphatic carbocycles. The van der Waals surface area contributed by atoms with Crippen LogP contribution in [0.2, 0.25) is 0 Å². The second-order valence-electron chi connectivity index (χ2n) is 8.53. The molecule has 5 rings (SSSR count). The van der Waals surface area contributed by atoms with Gasteiger partial charge in [0.2, 0.25) is 5.76 Å². The summed E-state index contributed by atoms with van der Waals surface area (Å²) < 4.78 is 11.2. The van der Waals surface area contributed by atoms with Crippen LogP contribution in [0.3, 0.4) is 0 Å². The molecule has 0 bridgehead atoms. The number of carbonyl (C=O) groups excluding carboxylic acids is 2. The summed E-state index contributed by atoms with van der Waals surface area (Å²) in [7, 11) is 3.86. The maximum atomic E-state index is 13.7. The Morgan fingerprint density at radius 1 is 1.19 bits per heavy atom. The molecular formula is C27H23N3O5S. The first kappa shape index (κ1) is 23.5. The number of para-hydroxylation sites is 1. The molecule has 4 aromatic rings. The molecule has 182 valence electrons. The Balaban J connectivity index is 1.70. The number of hydrogen-bond acceptors (Lipinski definition) is 8. The van der Waals surface area contributed by atoms with E-state index in [0.717, 1.165) is 22.6 Å². The standard InChI is InChI=1S/C27H23N3O5S/c1-5-14-34-26(33)24-15(2)28-27(36-24)30-21(16-10-12-17(13-11-16)29(3)4)20-22(31)18-8-6-7-9-19(18)35-23(20)25(30)32/h5-13,21H,1,14H2,2-4H3. The molecule has 1 aliphatic heterocycles. The molecule has 1 atom stereocenters. The van der Waals surface area contributed by atoms with Crippen molar-refractivity contribution < 1.29 is 18.7 Å². The molecule has 0 radical (unpaired) electrons. The molecule has 2 aromatic heterocycles. The number of benzene rings is 2. The molecule has 3 heterocycles. The normalized spacial score (nSPS) is 14.7. The fourth-order valence-electron chi connectivity index (χ4n) is 4.26. The number of hydrogen-bond donors (Lipinski definition) is 0. The quantitative estimate of drug-likeness (QED) is 0.279. The van der Waals surface area contributed by atoms with E-state index in [9.17, 15) is 14.4 Å². The molecule has 0 saturated heterocycles. The zero-order valence-corrected chi connectivity index (χ0v) is 20.8. The fraction of sp³-hybridized carbons (Fsp3) is 0.185. The third kappa shape index (κ3) is 3.77. The van der Waals surface area contributed by atoms with Crippen LogP contribution in [-0.2, 0) is 4.74 Å². The van der Waals surface area contributed by atoms with Gasteiger partial charge in [-0.3, -0.25) is 14.5 Å². The number of esters is 1. The molecule has 2 aromatic carbocycles. The molecule has 36 heavy (non-hydrogen) atoms. The Labute approximate surface area is 211 Å². The Kier molecular flexibility index (Phi) is 5.93. The van der Waals surface area contributed by atoms with Crippen LogP contribution in [0.4, 0.5) is 10.8 Å². The number of anilines is 2. The van der Waals surface area contributed by atoms with E-state index in [1.807, 2.05) is 43.3 Å². The average molecular weight is 502 g/mol. The average Bonchev–Trinajstić information content (AvgIpc) is 3.40. The summed E-state index contributed by atoms with van der Waals surface area (Å²) in [6, 6.07) is 13.7. The van der Waals surface area contributed by atoms with E-state index >= 15 is 0 Å². The molecule has 0 fully saturated rings. The van der Waals surface area contributed by atoms with Crippen molar-refractivity contribution in [3.05, 3.63) is 98.9 Å². The Morgan fingerprint density at radius 2 is 1.92 bits per heavy atom. The maximum Gasteiger partial charge on any atom is 0.350 e. The van der Waals surface area contributed by atoms with Crippen LogP contribution in [0.25, 0.3) is 11.0 Å². The topological polar surface area (TPSA) is 92.9 Å². The van der Waals surface area contributed by atoms with E-state index in [0.29, 0.717) is 16.7 Å². The van der Waals surface area contributed by atoms with Gasteiger partial charge in [0, 0.05) is 19.8 Å². The maximum absolute atomic E-state index is 13.7. The van der Waals surface area contributed by atoms with Crippen LogP contribution >= 0.6 is 11.3 Å². The van der Waals surface area contributed by atoms with Crippen LogP contribution in [0.15, 0.2) is 70.4 Å². The predicted molar refractivity (Wildman–Crippen MR) is 139 cm³/mol. The van der Waals surface area contributed by atoms with Crippen molar-refractivity contribution in [2.24, 2.45) is 0 Å². The minimum atomic E-state index is -0.771. The van der Waals surface area contributed by atoms with Crippen molar-refractivity contribution >= 4 is 45.0 Å². The largest absolute Gasteiger partial charge is 0.457 e. The van der Waals surface area contributed by atoms with E-state index in [-0.39, 0.29) is 33.4 Å². The van der Waals surface area contributed by atoms with E-state index in [4.69, 9.17) is 9.15 Å². The number of ether oxygens (including phenoxy) is 1. The summed E-state index contributed by atoms with van der Waals surface area (Å²) in [5.74, 6) is -1.06. The van der Waals surface area contributed by atoms with Crippen LogP contribution in [0.1, 0.15) is 43.1 Å². The number of rotatable bonds is 6. The number of carbonyl (C=O) groups is 2. The molecule has 0 N–H and O–H groups in total. The minimum Gasteiger partial charge on any atom is -0.457 e. The van der Waals surface area contributed by atoms with Crippen LogP contribution < -0.4 is 15.2 Å². The van der Waals surface area contributed by atoms with Gasteiger partial charge in [0.1, 0.15) is 17.1 Å². The van der Waals surface area contributed by atoms with Gasteiger partial charge in [0.15, 0.2) is 10.6 Å². The summed E-state index contributed by atoms with van der Waals surface area (Å²) in [5.41, 5.74) is 2.43. The van der Waals surface area contributed by atoms with Crippen LogP contribution in [0.5, 0.6) is 0 Å². The van der Waals surface area contributed by atoms with Gasteiger partial charge >= 0.3 is 5.97 Å². The monoisotopic (exact) mass is 501 g/mol. The molecule has 1 amide bonds. The van der Waals surface area contributed by atoms with E-state index in [2.05, 4.69) is 11.6 Å². The van der Waals surface area contributed by atoms with E-state index < -0.39 is 17.9 Å². The smallest absolute Gasteiger partial charge is 0.350 e. The number of amides is 1. The Morgan fingerprint density at radius 3 is 2.61 bits per heavy atom. The van der Waals surface area contributed by atoms with Crippen LogP contribution in [-0.4, -0.2) is 37.6 Å².